The van der Waals surface area contributed by atoms with Crippen LogP contribution in [0.25, 0.3) is 6.08 Å². The van der Waals surface area contributed by atoms with Crippen LogP contribution in [0.1, 0.15) is 11.1 Å². The van der Waals surface area contributed by atoms with Crippen molar-refractivity contribution in [2.45, 2.75) is 0 Å². The first-order valence-corrected chi connectivity index (χ1v) is 2.87. The van der Waals surface area contributed by atoms with Crippen LogP contribution in [0.4, 0.5) is 0 Å². The van der Waals surface area contributed by atoms with Crippen LogP contribution in [-0.2, 0) is 0 Å². The number of rotatable bonds is 1. The van der Waals surface area contributed by atoms with E-state index in [9.17, 15) is 0 Å². The average molecular weight is 117 g/mol. The van der Waals surface area contributed by atoms with Gasteiger partial charge in [0.25, 0.3) is 0 Å². The molecule has 9 heavy (non-hydrogen) atoms. The SMILES string of the molecule is [CH2]c1cccc(C=C)c1. The van der Waals surface area contributed by atoms with E-state index < -0.39 is 0 Å². The largest absolute Gasteiger partial charge is 0.0985 e. The molecule has 1 radical (unpaired) electrons. The van der Waals surface area contributed by atoms with Crippen LogP contribution in [-0.4, -0.2) is 0 Å². The van der Waals surface area contributed by atoms with Crippen molar-refractivity contribution >= 4 is 6.08 Å². The molecule has 0 heteroatoms. The highest BCUT2D eigenvalue weighted by Crippen LogP contribution is 2.03. The van der Waals surface area contributed by atoms with Gasteiger partial charge in [-0.3, -0.25) is 0 Å². The van der Waals surface area contributed by atoms with Crippen molar-refractivity contribution in [1.82, 2.24) is 0 Å². The highest BCUT2D eigenvalue weighted by Gasteiger charge is 1.83. The van der Waals surface area contributed by atoms with E-state index >= 15 is 0 Å². The van der Waals surface area contributed by atoms with Gasteiger partial charge in [0.05, 0.1) is 0 Å². The summed E-state index contributed by atoms with van der Waals surface area (Å²) in [6.07, 6.45) is 1.81. The van der Waals surface area contributed by atoms with Crippen molar-refractivity contribution in [2.75, 3.05) is 0 Å². The molecule has 0 aliphatic rings. The van der Waals surface area contributed by atoms with Crippen molar-refractivity contribution in [3.05, 3.63) is 48.9 Å². The monoisotopic (exact) mass is 117 g/mol. The Labute approximate surface area is 55.8 Å². The molecule has 0 aliphatic heterocycles. The molecule has 0 atom stereocenters. The molecular weight excluding hydrogens is 108 g/mol. The molecular formula is C9H9. The van der Waals surface area contributed by atoms with E-state index in [0.717, 1.165) is 11.1 Å². The lowest BCUT2D eigenvalue weighted by atomic mass is 10.1. The highest BCUT2D eigenvalue weighted by molar-refractivity contribution is 5.48. The van der Waals surface area contributed by atoms with Crippen molar-refractivity contribution in [3.63, 3.8) is 0 Å². The Bertz CT molecular complexity index is 211. The lowest BCUT2D eigenvalue weighted by molar-refractivity contribution is 1.58. The summed E-state index contributed by atoms with van der Waals surface area (Å²) >= 11 is 0. The third kappa shape index (κ3) is 1.43. The summed E-state index contributed by atoms with van der Waals surface area (Å²) in [5.41, 5.74) is 2.16. The summed E-state index contributed by atoms with van der Waals surface area (Å²) < 4.78 is 0. The van der Waals surface area contributed by atoms with Crippen LogP contribution in [0.15, 0.2) is 30.8 Å². The van der Waals surface area contributed by atoms with E-state index in [1.54, 1.807) is 0 Å². The van der Waals surface area contributed by atoms with Gasteiger partial charge >= 0.3 is 0 Å². The van der Waals surface area contributed by atoms with Crippen LogP contribution >= 0.6 is 0 Å². The Morgan fingerprint density at radius 1 is 1.33 bits per heavy atom. The zero-order valence-corrected chi connectivity index (χ0v) is 5.30. The first-order valence-electron chi connectivity index (χ1n) is 2.87. The van der Waals surface area contributed by atoms with Gasteiger partial charge < -0.3 is 0 Å². The van der Waals surface area contributed by atoms with E-state index in [1.807, 2.05) is 30.3 Å². The molecule has 0 aliphatic carbocycles. The maximum absolute atomic E-state index is 3.78. The third-order valence-corrected chi connectivity index (χ3v) is 1.19. The number of hydrogen-bond acceptors (Lipinski definition) is 0. The second-order valence-corrected chi connectivity index (χ2v) is 1.95. The molecule has 0 heterocycles. The van der Waals surface area contributed by atoms with Gasteiger partial charge in [-0.15, -0.1) is 0 Å². The quantitative estimate of drug-likeness (QED) is 0.530. The van der Waals surface area contributed by atoms with Gasteiger partial charge in [-0.1, -0.05) is 36.9 Å². The Hall–Kier alpha value is -1.04. The molecule has 0 unspecified atom stereocenters. The second kappa shape index (κ2) is 2.49. The molecule has 1 rings (SSSR count). The zero-order chi connectivity index (χ0) is 6.69. The van der Waals surface area contributed by atoms with Gasteiger partial charge in [-0.2, -0.15) is 0 Å². The fraction of sp³-hybridized carbons (Fsp3) is 0. The summed E-state index contributed by atoms with van der Waals surface area (Å²) in [6, 6.07) is 7.93. The van der Waals surface area contributed by atoms with Gasteiger partial charge in [0.1, 0.15) is 0 Å². The van der Waals surface area contributed by atoms with Crippen LogP contribution in [0.5, 0.6) is 0 Å². The van der Waals surface area contributed by atoms with Crippen molar-refractivity contribution in [3.8, 4) is 0 Å². The summed E-state index contributed by atoms with van der Waals surface area (Å²) in [6.45, 7) is 7.43. The first-order chi connectivity index (χ1) is 4.33. The van der Waals surface area contributed by atoms with E-state index in [2.05, 4.69) is 13.5 Å². The fourth-order valence-electron chi connectivity index (χ4n) is 0.720. The van der Waals surface area contributed by atoms with Crippen LogP contribution in [0.3, 0.4) is 0 Å². The minimum Gasteiger partial charge on any atom is -0.0985 e. The van der Waals surface area contributed by atoms with Crippen molar-refractivity contribution < 1.29 is 0 Å². The lowest BCUT2D eigenvalue weighted by Gasteiger charge is -1.92. The smallest absolute Gasteiger partial charge is 0.0238 e. The predicted molar refractivity (Wildman–Crippen MR) is 41.0 cm³/mol. The Balaban J connectivity index is 3.07. The minimum absolute atomic E-state index is 1.03. The molecule has 0 saturated heterocycles. The standard InChI is InChI=1S/C9H9/c1-3-9-6-4-5-8(2)7-9/h3-7H,1-2H2. The molecule has 0 N–H and O–H groups in total. The molecule has 0 amide bonds. The normalized spacial score (nSPS) is 9.00. The van der Waals surface area contributed by atoms with E-state index in [1.165, 1.54) is 0 Å². The summed E-state index contributed by atoms with van der Waals surface area (Å²) in [4.78, 5) is 0. The second-order valence-electron chi connectivity index (χ2n) is 1.95. The van der Waals surface area contributed by atoms with Gasteiger partial charge in [0.2, 0.25) is 0 Å². The third-order valence-electron chi connectivity index (χ3n) is 1.19. The zero-order valence-electron chi connectivity index (χ0n) is 5.30. The Kier molecular flexibility index (Phi) is 1.69. The van der Waals surface area contributed by atoms with Crippen LogP contribution in [0, 0.1) is 6.92 Å². The summed E-state index contributed by atoms with van der Waals surface area (Å²) in [5.74, 6) is 0. The first kappa shape index (κ1) is 6.09. The molecule has 0 fully saturated rings. The predicted octanol–water partition coefficient (Wildman–Crippen LogP) is 2.51. The van der Waals surface area contributed by atoms with Gasteiger partial charge in [-0.05, 0) is 18.1 Å². The average Bonchev–Trinajstić information content (AvgIpc) is 1.88. The molecule has 0 aromatic heterocycles. The maximum atomic E-state index is 3.78. The molecule has 0 spiro atoms. The van der Waals surface area contributed by atoms with E-state index in [0.29, 0.717) is 0 Å². The van der Waals surface area contributed by atoms with Crippen molar-refractivity contribution in [1.29, 1.82) is 0 Å². The van der Waals surface area contributed by atoms with Crippen molar-refractivity contribution in [2.24, 2.45) is 0 Å². The maximum Gasteiger partial charge on any atom is -0.0238 e. The van der Waals surface area contributed by atoms with E-state index in [-0.39, 0.29) is 0 Å². The minimum atomic E-state index is 1.03. The lowest BCUT2D eigenvalue weighted by Crippen LogP contribution is -1.72. The van der Waals surface area contributed by atoms with Gasteiger partial charge in [0.15, 0.2) is 0 Å². The molecule has 0 saturated carbocycles. The van der Waals surface area contributed by atoms with Crippen LogP contribution < -0.4 is 0 Å². The number of hydrogen-bond donors (Lipinski definition) is 0. The van der Waals surface area contributed by atoms with Crippen LogP contribution in [0.2, 0.25) is 0 Å². The highest BCUT2D eigenvalue weighted by atomic mass is 13.9. The molecule has 45 valence electrons. The summed E-state index contributed by atoms with van der Waals surface area (Å²) in [7, 11) is 0. The topological polar surface area (TPSA) is 0 Å². The molecule has 0 nitrogen and oxygen atoms in total. The number of benzene rings is 1. The Morgan fingerprint density at radius 2 is 2.11 bits per heavy atom. The Morgan fingerprint density at radius 3 is 2.56 bits per heavy atom. The fourth-order valence-corrected chi connectivity index (χ4v) is 0.720. The summed E-state index contributed by atoms with van der Waals surface area (Å²) in [5, 5.41) is 0. The molecule has 1 aromatic carbocycles. The molecule has 1 aromatic rings. The van der Waals surface area contributed by atoms with Gasteiger partial charge in [0, 0.05) is 0 Å². The molecule has 0 bridgehead atoms. The van der Waals surface area contributed by atoms with E-state index in [4.69, 9.17) is 0 Å². The van der Waals surface area contributed by atoms with Gasteiger partial charge in [-0.25, -0.2) is 0 Å².